The summed E-state index contributed by atoms with van der Waals surface area (Å²) in [5, 5.41) is 0.437. The van der Waals surface area contributed by atoms with Gasteiger partial charge in [-0.05, 0) is 31.2 Å². The highest BCUT2D eigenvalue weighted by Gasteiger charge is 2.02. The zero-order chi connectivity index (χ0) is 12.3. The summed E-state index contributed by atoms with van der Waals surface area (Å²) in [5.74, 6) is 0.993. The van der Waals surface area contributed by atoms with Gasteiger partial charge in [0.25, 0.3) is 0 Å². The number of benzene rings is 1. The SMILES string of the molecule is Cc1cc(Cl)nc(CSc2cccc(F)c2)n1. The van der Waals surface area contributed by atoms with Gasteiger partial charge in [-0.2, -0.15) is 0 Å². The van der Waals surface area contributed by atoms with Crippen molar-refractivity contribution in [3.05, 3.63) is 52.8 Å². The third-order valence-electron chi connectivity index (χ3n) is 2.03. The van der Waals surface area contributed by atoms with Crippen molar-refractivity contribution in [1.82, 2.24) is 9.97 Å². The summed E-state index contributed by atoms with van der Waals surface area (Å²) in [4.78, 5) is 9.23. The molecule has 0 radical (unpaired) electrons. The molecule has 2 aromatic rings. The van der Waals surface area contributed by atoms with Gasteiger partial charge in [-0.1, -0.05) is 17.7 Å². The maximum Gasteiger partial charge on any atom is 0.140 e. The predicted molar refractivity (Wildman–Crippen MR) is 67.7 cm³/mol. The minimum atomic E-state index is -0.238. The summed E-state index contributed by atoms with van der Waals surface area (Å²) < 4.78 is 13.0. The van der Waals surface area contributed by atoms with Crippen LogP contribution in [0.2, 0.25) is 5.15 Å². The first-order chi connectivity index (χ1) is 8.13. The van der Waals surface area contributed by atoms with Crippen LogP contribution in [0.4, 0.5) is 4.39 Å². The third kappa shape index (κ3) is 3.68. The fraction of sp³-hybridized carbons (Fsp3) is 0.167. The monoisotopic (exact) mass is 268 g/mol. The van der Waals surface area contributed by atoms with Crippen LogP contribution in [0.1, 0.15) is 11.5 Å². The van der Waals surface area contributed by atoms with E-state index in [1.54, 1.807) is 12.1 Å². The Morgan fingerprint density at radius 2 is 2.12 bits per heavy atom. The fourth-order valence-corrected chi connectivity index (χ4v) is 2.41. The number of aryl methyl sites for hydroxylation is 1. The quantitative estimate of drug-likeness (QED) is 0.624. The molecule has 0 saturated heterocycles. The second kappa shape index (κ2) is 5.47. The van der Waals surface area contributed by atoms with Crippen LogP contribution in [0.3, 0.4) is 0 Å². The highest BCUT2D eigenvalue weighted by molar-refractivity contribution is 7.98. The van der Waals surface area contributed by atoms with Crippen LogP contribution in [0.25, 0.3) is 0 Å². The first-order valence-electron chi connectivity index (χ1n) is 5.02. The van der Waals surface area contributed by atoms with E-state index in [4.69, 9.17) is 11.6 Å². The molecule has 2 nitrogen and oxygen atoms in total. The minimum absolute atomic E-state index is 0.238. The Hall–Kier alpha value is -1.13. The molecule has 0 saturated carbocycles. The van der Waals surface area contributed by atoms with Gasteiger partial charge in [0, 0.05) is 10.6 Å². The molecule has 0 atom stereocenters. The molecule has 0 bridgehead atoms. The first kappa shape index (κ1) is 12.3. The van der Waals surface area contributed by atoms with Crippen molar-refractivity contribution in [1.29, 1.82) is 0 Å². The Bertz CT molecular complexity index is 513. The Morgan fingerprint density at radius 3 is 2.82 bits per heavy atom. The molecule has 1 heterocycles. The maximum absolute atomic E-state index is 13.0. The summed E-state index contributed by atoms with van der Waals surface area (Å²) >= 11 is 7.32. The largest absolute Gasteiger partial charge is 0.237 e. The lowest BCUT2D eigenvalue weighted by Gasteiger charge is -2.02. The highest BCUT2D eigenvalue weighted by Crippen LogP contribution is 2.22. The van der Waals surface area contributed by atoms with Crippen molar-refractivity contribution in [2.75, 3.05) is 0 Å². The number of nitrogens with zero attached hydrogens (tertiary/aromatic N) is 2. The van der Waals surface area contributed by atoms with Gasteiger partial charge in [-0.15, -0.1) is 11.8 Å². The van der Waals surface area contributed by atoms with Gasteiger partial charge in [0.1, 0.15) is 16.8 Å². The molecule has 0 aliphatic heterocycles. The van der Waals surface area contributed by atoms with E-state index < -0.39 is 0 Å². The normalized spacial score (nSPS) is 10.5. The average Bonchev–Trinajstić information content (AvgIpc) is 2.25. The second-order valence-electron chi connectivity index (χ2n) is 3.49. The average molecular weight is 269 g/mol. The zero-order valence-corrected chi connectivity index (χ0v) is 10.7. The number of rotatable bonds is 3. The molecule has 0 unspecified atom stereocenters. The molecule has 0 N–H and O–H groups in total. The molecule has 0 aliphatic rings. The van der Waals surface area contributed by atoms with E-state index in [1.165, 1.54) is 23.9 Å². The molecular formula is C12H10ClFN2S. The topological polar surface area (TPSA) is 25.8 Å². The lowest BCUT2D eigenvalue weighted by Crippen LogP contribution is -1.95. The zero-order valence-electron chi connectivity index (χ0n) is 9.15. The third-order valence-corrected chi connectivity index (χ3v) is 3.22. The van der Waals surface area contributed by atoms with Crippen LogP contribution in [0.5, 0.6) is 0 Å². The number of thioether (sulfide) groups is 1. The van der Waals surface area contributed by atoms with E-state index in [0.29, 0.717) is 16.7 Å². The molecule has 5 heteroatoms. The van der Waals surface area contributed by atoms with Gasteiger partial charge >= 0.3 is 0 Å². The second-order valence-corrected chi connectivity index (χ2v) is 4.93. The molecule has 1 aromatic heterocycles. The summed E-state index contributed by atoms with van der Waals surface area (Å²) in [7, 11) is 0. The van der Waals surface area contributed by atoms with Crippen LogP contribution in [-0.4, -0.2) is 9.97 Å². The summed E-state index contributed by atoms with van der Waals surface area (Å²) in [6.07, 6.45) is 0. The van der Waals surface area contributed by atoms with Gasteiger partial charge in [0.15, 0.2) is 0 Å². The van der Waals surface area contributed by atoms with Crippen LogP contribution >= 0.6 is 23.4 Å². The van der Waals surface area contributed by atoms with Crippen LogP contribution < -0.4 is 0 Å². The molecule has 0 amide bonds. The van der Waals surface area contributed by atoms with Crippen LogP contribution in [0.15, 0.2) is 35.2 Å². The smallest absolute Gasteiger partial charge is 0.140 e. The van der Waals surface area contributed by atoms with Crippen molar-refractivity contribution in [3.63, 3.8) is 0 Å². The van der Waals surface area contributed by atoms with Gasteiger partial charge < -0.3 is 0 Å². The van der Waals surface area contributed by atoms with E-state index in [1.807, 2.05) is 13.0 Å². The van der Waals surface area contributed by atoms with Crippen molar-refractivity contribution < 1.29 is 4.39 Å². The molecule has 88 valence electrons. The number of aromatic nitrogens is 2. The Labute approximate surface area is 108 Å². The van der Waals surface area contributed by atoms with Gasteiger partial charge in [0.05, 0.1) is 5.75 Å². The molecular weight excluding hydrogens is 259 g/mol. The molecule has 0 aliphatic carbocycles. The van der Waals surface area contributed by atoms with Gasteiger partial charge in [-0.3, -0.25) is 0 Å². The summed E-state index contributed by atoms with van der Waals surface area (Å²) in [5.41, 5.74) is 0.833. The van der Waals surface area contributed by atoms with Crippen molar-refractivity contribution >= 4 is 23.4 Å². The number of hydrogen-bond donors (Lipinski definition) is 0. The molecule has 17 heavy (non-hydrogen) atoms. The Balaban J connectivity index is 2.07. The lowest BCUT2D eigenvalue weighted by atomic mass is 10.4. The van der Waals surface area contributed by atoms with E-state index in [2.05, 4.69) is 9.97 Å². The Kier molecular flexibility index (Phi) is 3.97. The maximum atomic E-state index is 13.0. The van der Waals surface area contributed by atoms with Gasteiger partial charge in [0.2, 0.25) is 0 Å². The van der Waals surface area contributed by atoms with Crippen molar-refractivity contribution in [2.24, 2.45) is 0 Å². The molecule has 0 fully saturated rings. The number of halogens is 2. The lowest BCUT2D eigenvalue weighted by molar-refractivity contribution is 0.624. The predicted octanol–water partition coefficient (Wildman–Crippen LogP) is 3.87. The van der Waals surface area contributed by atoms with Gasteiger partial charge in [-0.25, -0.2) is 14.4 Å². The standard InChI is InChI=1S/C12H10ClFN2S/c1-8-5-11(13)16-12(15-8)7-17-10-4-2-3-9(14)6-10/h2-6H,7H2,1H3. The summed E-state index contributed by atoms with van der Waals surface area (Å²) in [6, 6.07) is 8.15. The Morgan fingerprint density at radius 1 is 1.29 bits per heavy atom. The minimum Gasteiger partial charge on any atom is -0.237 e. The van der Waals surface area contributed by atoms with Crippen LogP contribution in [0, 0.1) is 12.7 Å². The van der Waals surface area contributed by atoms with E-state index in [9.17, 15) is 4.39 Å². The van der Waals surface area contributed by atoms with Crippen molar-refractivity contribution in [3.8, 4) is 0 Å². The van der Waals surface area contributed by atoms with E-state index >= 15 is 0 Å². The fourth-order valence-electron chi connectivity index (χ4n) is 1.36. The van der Waals surface area contributed by atoms with E-state index in [-0.39, 0.29) is 5.82 Å². The number of hydrogen-bond acceptors (Lipinski definition) is 3. The molecule has 1 aromatic carbocycles. The van der Waals surface area contributed by atoms with Crippen LogP contribution in [-0.2, 0) is 5.75 Å². The molecule has 0 spiro atoms. The summed E-state index contributed by atoms with van der Waals surface area (Å²) in [6.45, 7) is 1.86. The molecule has 2 rings (SSSR count). The first-order valence-corrected chi connectivity index (χ1v) is 6.38. The van der Waals surface area contributed by atoms with Crippen molar-refractivity contribution in [2.45, 2.75) is 17.6 Å². The van der Waals surface area contributed by atoms with E-state index in [0.717, 1.165) is 10.6 Å². The highest BCUT2D eigenvalue weighted by atomic mass is 35.5.